The van der Waals surface area contributed by atoms with Gasteiger partial charge < -0.3 is 10.2 Å². The summed E-state index contributed by atoms with van der Waals surface area (Å²) in [6.45, 7) is 6.74. The van der Waals surface area contributed by atoms with Gasteiger partial charge in [-0.2, -0.15) is 4.31 Å². The minimum Gasteiger partial charge on any atom is -0.351 e. The summed E-state index contributed by atoms with van der Waals surface area (Å²) in [5.74, 6) is 0.0390. The van der Waals surface area contributed by atoms with E-state index in [0.29, 0.717) is 32.7 Å². The molecule has 2 N–H and O–H groups in total. The van der Waals surface area contributed by atoms with Gasteiger partial charge in [0, 0.05) is 12.0 Å². The average Bonchev–Trinajstić information content (AvgIpc) is 2.65. The van der Waals surface area contributed by atoms with Crippen molar-refractivity contribution < 1.29 is 18.1 Å². The molecule has 1 amide bonds. The topological polar surface area (TPSA) is 70.9 Å². The van der Waals surface area contributed by atoms with Gasteiger partial charge in [-0.25, -0.2) is 8.42 Å². The summed E-state index contributed by atoms with van der Waals surface area (Å²) in [4.78, 5) is 13.2. The van der Waals surface area contributed by atoms with E-state index in [2.05, 4.69) is 5.32 Å². The highest BCUT2D eigenvalue weighted by atomic mass is 32.2. The molecule has 0 spiro atoms. The Bertz CT molecular complexity index is 681. The summed E-state index contributed by atoms with van der Waals surface area (Å²) in [7, 11) is -3.43. The fourth-order valence-electron chi connectivity index (χ4n) is 2.86. The molecule has 7 heteroatoms. The van der Waals surface area contributed by atoms with Gasteiger partial charge in [0.25, 0.3) is 5.91 Å². The summed E-state index contributed by atoms with van der Waals surface area (Å²) in [5.41, 5.74) is 0.858. The number of amides is 1. The molecule has 1 aliphatic rings. The largest absolute Gasteiger partial charge is 0.351 e. The molecular weight excluding hydrogens is 338 g/mol. The lowest BCUT2D eigenvalue weighted by molar-refractivity contribution is -0.917. The number of nitrogens with zero attached hydrogens (tertiary/aromatic N) is 1. The lowest BCUT2D eigenvalue weighted by Crippen LogP contribution is -3.19. The second-order valence-electron chi connectivity index (χ2n) is 6.33. The molecule has 1 heterocycles. The molecule has 6 nitrogen and oxygen atoms in total. The first-order valence-corrected chi connectivity index (χ1v) is 10.3. The van der Waals surface area contributed by atoms with Gasteiger partial charge >= 0.3 is 0 Å². The Labute approximate surface area is 150 Å². The number of nitrogens with one attached hydrogen (secondary N) is 2. The molecule has 0 saturated carbocycles. The smallest absolute Gasteiger partial charge is 0.278 e. The lowest BCUT2D eigenvalue weighted by atomic mass is 10.2. The van der Waals surface area contributed by atoms with Gasteiger partial charge in [-0.05, 0) is 25.0 Å². The molecule has 0 aliphatic carbocycles. The lowest BCUT2D eigenvalue weighted by Gasteiger charge is -2.33. The van der Waals surface area contributed by atoms with Gasteiger partial charge in [-0.1, -0.05) is 37.3 Å². The maximum atomic E-state index is 12.5. The van der Waals surface area contributed by atoms with E-state index in [1.54, 1.807) is 6.08 Å². The average molecular weight is 367 g/mol. The van der Waals surface area contributed by atoms with E-state index in [1.807, 2.05) is 44.2 Å². The van der Waals surface area contributed by atoms with Crippen LogP contribution >= 0.6 is 0 Å². The Kier molecular flexibility index (Phi) is 7.16. The number of carbonyl (C=O) groups excluding carboxylic acids is 1. The zero-order valence-electron chi connectivity index (χ0n) is 14.9. The number of quaternary nitrogens is 1. The van der Waals surface area contributed by atoms with Crippen LogP contribution < -0.4 is 10.2 Å². The van der Waals surface area contributed by atoms with Gasteiger partial charge in [-0.3, -0.25) is 4.79 Å². The van der Waals surface area contributed by atoms with Crippen LogP contribution in [0, 0.1) is 0 Å². The monoisotopic (exact) mass is 366 g/mol. The number of sulfonamides is 1. The van der Waals surface area contributed by atoms with Crippen molar-refractivity contribution in [1.29, 1.82) is 0 Å². The number of piperazine rings is 1. The van der Waals surface area contributed by atoms with Crippen LogP contribution in [-0.4, -0.2) is 57.4 Å². The Morgan fingerprint density at radius 2 is 1.92 bits per heavy atom. The molecule has 1 fully saturated rings. The highest BCUT2D eigenvalue weighted by molar-refractivity contribution is 7.92. The Hall–Kier alpha value is -1.70. The molecule has 0 radical (unpaired) electrons. The van der Waals surface area contributed by atoms with Gasteiger partial charge in [0.15, 0.2) is 6.04 Å². The molecule has 2 rings (SSSR count). The number of hydrogen-bond acceptors (Lipinski definition) is 3. The van der Waals surface area contributed by atoms with Crippen LogP contribution in [0.1, 0.15) is 25.8 Å². The van der Waals surface area contributed by atoms with Crippen molar-refractivity contribution in [1.82, 2.24) is 9.62 Å². The first-order chi connectivity index (χ1) is 11.9. The van der Waals surface area contributed by atoms with Crippen molar-refractivity contribution in [2.45, 2.75) is 26.3 Å². The molecule has 138 valence electrons. The molecule has 25 heavy (non-hydrogen) atoms. The van der Waals surface area contributed by atoms with E-state index in [1.165, 1.54) is 9.71 Å². The van der Waals surface area contributed by atoms with E-state index >= 15 is 0 Å². The van der Waals surface area contributed by atoms with Crippen LogP contribution in [0.25, 0.3) is 6.08 Å². The predicted molar refractivity (Wildman–Crippen MR) is 99.4 cm³/mol. The quantitative estimate of drug-likeness (QED) is 0.719. The van der Waals surface area contributed by atoms with Crippen molar-refractivity contribution >= 4 is 22.0 Å². The molecule has 1 aliphatic heterocycles. The highest BCUT2D eigenvalue weighted by Gasteiger charge is 2.32. The summed E-state index contributed by atoms with van der Waals surface area (Å²) in [5, 5.41) is 4.18. The third kappa shape index (κ3) is 5.66. The van der Waals surface area contributed by atoms with Crippen molar-refractivity contribution in [3.63, 3.8) is 0 Å². The summed E-state index contributed by atoms with van der Waals surface area (Å²) in [6, 6.07) is 9.22. The van der Waals surface area contributed by atoms with Crippen LogP contribution in [0.4, 0.5) is 0 Å². The van der Waals surface area contributed by atoms with Gasteiger partial charge in [0.1, 0.15) is 0 Å². The minimum atomic E-state index is -3.43. The fraction of sp³-hybridized carbons (Fsp3) is 0.500. The third-order valence-corrected chi connectivity index (χ3v) is 6.08. The zero-order chi connectivity index (χ0) is 18.3. The van der Waals surface area contributed by atoms with Crippen molar-refractivity contribution in [3.05, 3.63) is 41.3 Å². The first-order valence-electron chi connectivity index (χ1n) is 8.79. The Balaban J connectivity index is 1.90. The van der Waals surface area contributed by atoms with Crippen LogP contribution in [0.15, 0.2) is 35.7 Å². The SMILES string of the molecule is CCCNC(=O)[C@@H](C)[NH+]1CCN(S(=O)(=O)/C=C/c2ccccc2)CC1. The number of benzene rings is 1. The molecule has 1 aromatic rings. The van der Waals surface area contributed by atoms with Gasteiger partial charge in [-0.15, -0.1) is 0 Å². The van der Waals surface area contributed by atoms with Crippen LogP contribution in [0.5, 0.6) is 0 Å². The second-order valence-corrected chi connectivity index (χ2v) is 8.15. The standard InChI is InChI=1S/C18H27N3O3S/c1-3-10-19-18(22)16(2)20-11-13-21(14-12-20)25(23,24)15-9-17-7-5-4-6-8-17/h4-9,15-16H,3,10-14H2,1-2H3,(H,19,22)/p+1/b15-9+/t16-/m1/s1. The van der Waals surface area contributed by atoms with Crippen molar-refractivity contribution in [2.24, 2.45) is 0 Å². The molecule has 1 aromatic carbocycles. The summed E-state index contributed by atoms with van der Waals surface area (Å²) < 4.78 is 26.4. The van der Waals surface area contributed by atoms with Crippen LogP contribution in [-0.2, 0) is 14.8 Å². The highest BCUT2D eigenvalue weighted by Crippen LogP contribution is 2.08. The van der Waals surface area contributed by atoms with Crippen molar-refractivity contribution in [2.75, 3.05) is 32.7 Å². The van der Waals surface area contributed by atoms with E-state index in [-0.39, 0.29) is 11.9 Å². The van der Waals surface area contributed by atoms with E-state index in [4.69, 9.17) is 0 Å². The van der Waals surface area contributed by atoms with E-state index in [9.17, 15) is 13.2 Å². The number of rotatable bonds is 7. The Morgan fingerprint density at radius 3 is 2.52 bits per heavy atom. The fourth-order valence-corrected chi connectivity index (χ4v) is 4.06. The molecule has 0 aromatic heterocycles. The molecule has 1 saturated heterocycles. The minimum absolute atomic E-state index is 0.0390. The van der Waals surface area contributed by atoms with Gasteiger partial charge in [0.05, 0.1) is 26.2 Å². The normalized spacial score (nSPS) is 18.3. The van der Waals surface area contributed by atoms with E-state index < -0.39 is 10.0 Å². The molecule has 0 bridgehead atoms. The number of carbonyl (C=O) groups is 1. The molecule has 0 unspecified atom stereocenters. The Morgan fingerprint density at radius 1 is 1.28 bits per heavy atom. The molecule has 1 atom stereocenters. The maximum absolute atomic E-state index is 12.5. The van der Waals surface area contributed by atoms with Crippen LogP contribution in [0.3, 0.4) is 0 Å². The number of hydrogen-bond donors (Lipinski definition) is 2. The van der Waals surface area contributed by atoms with Gasteiger partial charge in [0.2, 0.25) is 10.0 Å². The maximum Gasteiger partial charge on any atom is 0.278 e. The van der Waals surface area contributed by atoms with Crippen LogP contribution in [0.2, 0.25) is 0 Å². The summed E-state index contributed by atoms with van der Waals surface area (Å²) in [6.07, 6.45) is 2.53. The third-order valence-electron chi connectivity index (χ3n) is 4.51. The second kappa shape index (κ2) is 9.12. The first kappa shape index (κ1) is 19.6. The van der Waals surface area contributed by atoms with Crippen molar-refractivity contribution in [3.8, 4) is 0 Å². The molecular formula is C18H28N3O3S+. The van der Waals surface area contributed by atoms with E-state index in [0.717, 1.165) is 16.9 Å². The predicted octanol–water partition coefficient (Wildman–Crippen LogP) is 0.102. The summed E-state index contributed by atoms with van der Waals surface area (Å²) >= 11 is 0. The zero-order valence-corrected chi connectivity index (χ0v) is 15.8.